The zero-order valence-corrected chi connectivity index (χ0v) is 7.42. The number of hydrogen-bond acceptors (Lipinski definition) is 3. The Kier molecular flexibility index (Phi) is 1.66. The number of nitrogen functional groups attached to an aromatic ring is 1. The van der Waals surface area contributed by atoms with Crippen LogP contribution in [0.4, 0.5) is 9.52 Å². The van der Waals surface area contributed by atoms with E-state index in [0.717, 1.165) is 4.70 Å². The number of rotatable bonds is 0. The minimum absolute atomic E-state index is 0.0767. The number of nitrogens with zero attached hydrogens (tertiary/aromatic N) is 1. The second kappa shape index (κ2) is 2.57. The maximum Gasteiger partial charge on any atom is 0.181 e. The minimum Gasteiger partial charge on any atom is -0.375 e. The second-order valence-corrected chi connectivity index (χ2v) is 3.73. The van der Waals surface area contributed by atoms with Gasteiger partial charge in [-0.15, -0.1) is 0 Å². The van der Waals surface area contributed by atoms with Gasteiger partial charge in [0.25, 0.3) is 0 Å². The molecule has 0 atom stereocenters. The molecule has 2 nitrogen and oxygen atoms in total. The first-order chi connectivity index (χ1) is 5.68. The monoisotopic (exact) mass is 202 g/mol. The van der Waals surface area contributed by atoms with E-state index < -0.39 is 5.82 Å². The van der Waals surface area contributed by atoms with E-state index in [9.17, 15) is 4.39 Å². The molecule has 0 amide bonds. The van der Waals surface area contributed by atoms with Crippen molar-refractivity contribution in [2.75, 3.05) is 5.73 Å². The second-order valence-electron chi connectivity index (χ2n) is 2.26. The standard InChI is InChI=1S/C7H4ClFN2S/c8-3-1-2-4-6(5(3)9)11-7(10)12-4/h1-2H,(H2,10,11). The van der Waals surface area contributed by atoms with E-state index in [1.54, 1.807) is 6.07 Å². The number of hydrogen-bond donors (Lipinski definition) is 1. The van der Waals surface area contributed by atoms with Gasteiger partial charge in [0, 0.05) is 0 Å². The van der Waals surface area contributed by atoms with Crippen LogP contribution in [0.5, 0.6) is 0 Å². The largest absolute Gasteiger partial charge is 0.375 e. The Hall–Kier alpha value is -0.870. The van der Waals surface area contributed by atoms with Gasteiger partial charge in [-0.3, -0.25) is 0 Å². The Morgan fingerprint density at radius 3 is 3.00 bits per heavy atom. The van der Waals surface area contributed by atoms with Crippen LogP contribution < -0.4 is 5.73 Å². The molecule has 1 aromatic carbocycles. The molecule has 62 valence electrons. The van der Waals surface area contributed by atoms with Crippen LogP contribution in [0.1, 0.15) is 0 Å². The lowest BCUT2D eigenvalue weighted by molar-refractivity contribution is 0.638. The third-order valence-corrected chi connectivity index (χ3v) is 2.61. The fraction of sp³-hybridized carbons (Fsp3) is 0. The summed E-state index contributed by atoms with van der Waals surface area (Å²) in [7, 11) is 0. The summed E-state index contributed by atoms with van der Waals surface area (Å²) < 4.78 is 13.9. The average molecular weight is 203 g/mol. The highest BCUT2D eigenvalue weighted by atomic mass is 35.5. The predicted molar refractivity (Wildman–Crippen MR) is 49.0 cm³/mol. The highest BCUT2D eigenvalue weighted by molar-refractivity contribution is 7.22. The first kappa shape index (κ1) is 7.76. The summed E-state index contributed by atoms with van der Waals surface area (Å²) in [4.78, 5) is 3.81. The van der Waals surface area contributed by atoms with Crippen LogP contribution >= 0.6 is 22.9 Å². The lowest BCUT2D eigenvalue weighted by Gasteiger charge is -1.91. The molecular formula is C7H4ClFN2S. The number of thiazole rings is 1. The maximum atomic E-state index is 13.2. The van der Waals surface area contributed by atoms with Crippen molar-refractivity contribution in [1.82, 2.24) is 4.98 Å². The summed E-state index contributed by atoms with van der Waals surface area (Å²) in [5, 5.41) is 0.430. The van der Waals surface area contributed by atoms with E-state index in [1.165, 1.54) is 17.4 Å². The molecule has 0 aliphatic carbocycles. The van der Waals surface area contributed by atoms with Gasteiger partial charge in [0.2, 0.25) is 0 Å². The third-order valence-electron chi connectivity index (χ3n) is 1.47. The molecule has 2 aromatic rings. The molecule has 0 fully saturated rings. The molecule has 0 radical (unpaired) electrons. The SMILES string of the molecule is Nc1nc2c(F)c(Cl)ccc2s1. The van der Waals surface area contributed by atoms with Crippen molar-refractivity contribution in [1.29, 1.82) is 0 Å². The molecule has 5 heteroatoms. The summed E-state index contributed by atoms with van der Waals surface area (Å²) in [6, 6.07) is 3.20. The maximum absolute atomic E-state index is 13.2. The molecular weight excluding hydrogens is 199 g/mol. The molecule has 0 saturated carbocycles. The highest BCUT2D eigenvalue weighted by Crippen LogP contribution is 2.29. The average Bonchev–Trinajstić information content (AvgIpc) is 2.39. The number of nitrogens with two attached hydrogens (primary N) is 1. The highest BCUT2D eigenvalue weighted by Gasteiger charge is 2.09. The zero-order chi connectivity index (χ0) is 8.72. The Labute approximate surface area is 76.8 Å². The summed E-state index contributed by atoms with van der Waals surface area (Å²) >= 11 is 6.79. The molecule has 1 heterocycles. The van der Waals surface area contributed by atoms with Gasteiger partial charge in [-0.05, 0) is 12.1 Å². The molecule has 0 aliphatic heterocycles. The fourth-order valence-electron chi connectivity index (χ4n) is 0.954. The van der Waals surface area contributed by atoms with Gasteiger partial charge in [-0.25, -0.2) is 9.37 Å². The molecule has 12 heavy (non-hydrogen) atoms. The van der Waals surface area contributed by atoms with Gasteiger partial charge in [-0.1, -0.05) is 22.9 Å². The normalized spacial score (nSPS) is 10.8. The predicted octanol–water partition coefficient (Wildman–Crippen LogP) is 2.67. The number of halogens is 2. The Morgan fingerprint density at radius 2 is 2.25 bits per heavy atom. The smallest absolute Gasteiger partial charge is 0.181 e. The van der Waals surface area contributed by atoms with E-state index in [0.29, 0.717) is 5.13 Å². The van der Waals surface area contributed by atoms with Gasteiger partial charge >= 0.3 is 0 Å². The van der Waals surface area contributed by atoms with Crippen molar-refractivity contribution >= 4 is 38.3 Å². The van der Waals surface area contributed by atoms with Crippen molar-refractivity contribution in [3.8, 4) is 0 Å². The van der Waals surface area contributed by atoms with Crippen LogP contribution in [0.25, 0.3) is 10.2 Å². The Balaban J connectivity index is 2.89. The summed E-state index contributed by atoms with van der Waals surface area (Å²) in [5.74, 6) is -0.498. The molecule has 2 N–H and O–H groups in total. The van der Waals surface area contributed by atoms with Crippen molar-refractivity contribution in [2.45, 2.75) is 0 Å². The van der Waals surface area contributed by atoms with Crippen molar-refractivity contribution in [3.05, 3.63) is 23.0 Å². The molecule has 2 rings (SSSR count). The molecule has 1 aromatic heterocycles. The van der Waals surface area contributed by atoms with Crippen molar-refractivity contribution in [2.24, 2.45) is 0 Å². The molecule has 0 aliphatic rings. The van der Waals surface area contributed by atoms with Crippen LogP contribution in [0.15, 0.2) is 12.1 Å². The lowest BCUT2D eigenvalue weighted by atomic mass is 10.3. The van der Waals surface area contributed by atoms with E-state index in [4.69, 9.17) is 17.3 Å². The van der Waals surface area contributed by atoms with E-state index in [2.05, 4.69) is 4.98 Å². The number of anilines is 1. The Bertz CT molecular complexity index is 440. The molecule has 0 spiro atoms. The number of benzene rings is 1. The van der Waals surface area contributed by atoms with Crippen molar-refractivity contribution in [3.63, 3.8) is 0 Å². The van der Waals surface area contributed by atoms with Crippen LogP contribution in [0.3, 0.4) is 0 Å². The van der Waals surface area contributed by atoms with Crippen LogP contribution in [-0.2, 0) is 0 Å². The lowest BCUT2D eigenvalue weighted by Crippen LogP contribution is -1.82. The van der Waals surface area contributed by atoms with Gasteiger partial charge in [-0.2, -0.15) is 0 Å². The number of fused-ring (bicyclic) bond motifs is 1. The fourth-order valence-corrected chi connectivity index (χ4v) is 1.84. The quantitative estimate of drug-likeness (QED) is 0.714. The van der Waals surface area contributed by atoms with Crippen LogP contribution in [0.2, 0.25) is 5.02 Å². The molecule has 0 bridgehead atoms. The zero-order valence-electron chi connectivity index (χ0n) is 5.84. The van der Waals surface area contributed by atoms with E-state index in [-0.39, 0.29) is 10.5 Å². The Morgan fingerprint density at radius 1 is 1.50 bits per heavy atom. The van der Waals surface area contributed by atoms with Crippen LogP contribution in [0, 0.1) is 5.82 Å². The first-order valence-electron chi connectivity index (χ1n) is 3.18. The van der Waals surface area contributed by atoms with Gasteiger partial charge < -0.3 is 5.73 Å². The topological polar surface area (TPSA) is 38.9 Å². The summed E-state index contributed by atoms with van der Waals surface area (Å²) in [6.07, 6.45) is 0. The van der Waals surface area contributed by atoms with E-state index >= 15 is 0 Å². The molecule has 0 unspecified atom stereocenters. The van der Waals surface area contributed by atoms with E-state index in [1.807, 2.05) is 0 Å². The first-order valence-corrected chi connectivity index (χ1v) is 4.38. The summed E-state index contributed by atoms with van der Waals surface area (Å²) in [6.45, 7) is 0. The number of aromatic nitrogens is 1. The van der Waals surface area contributed by atoms with Gasteiger partial charge in [0.05, 0.1) is 9.72 Å². The van der Waals surface area contributed by atoms with Crippen LogP contribution in [-0.4, -0.2) is 4.98 Å². The van der Waals surface area contributed by atoms with Crippen molar-refractivity contribution < 1.29 is 4.39 Å². The summed E-state index contributed by atoms with van der Waals surface area (Å²) in [5.41, 5.74) is 5.66. The molecule has 0 saturated heterocycles. The third kappa shape index (κ3) is 1.04. The van der Waals surface area contributed by atoms with Gasteiger partial charge in [0.15, 0.2) is 10.9 Å². The minimum atomic E-state index is -0.498. The van der Waals surface area contributed by atoms with Gasteiger partial charge in [0.1, 0.15) is 5.52 Å².